The highest BCUT2D eigenvalue weighted by Crippen LogP contribution is 2.31. The maximum Gasteiger partial charge on any atom is 0.144 e. The molecule has 0 bridgehead atoms. The van der Waals surface area contributed by atoms with Gasteiger partial charge in [-0.15, -0.1) is 0 Å². The van der Waals surface area contributed by atoms with Crippen molar-refractivity contribution in [2.24, 2.45) is 0 Å². The van der Waals surface area contributed by atoms with Gasteiger partial charge < -0.3 is 9.47 Å². The summed E-state index contributed by atoms with van der Waals surface area (Å²) in [6.07, 6.45) is 3.45. The van der Waals surface area contributed by atoms with Crippen LogP contribution in [0.4, 0.5) is 0 Å². The lowest BCUT2D eigenvalue weighted by Crippen LogP contribution is -2.25. The van der Waals surface area contributed by atoms with Gasteiger partial charge in [-0.05, 0) is 12.1 Å². The van der Waals surface area contributed by atoms with Crippen LogP contribution in [0.2, 0.25) is 5.15 Å². The quantitative estimate of drug-likeness (QED) is 0.783. The topological polar surface area (TPSA) is 44.2 Å². The average Bonchev–Trinajstić information content (AvgIpc) is 2.40. The molecule has 0 amide bonds. The molecule has 1 fully saturated rings. The van der Waals surface area contributed by atoms with Crippen LogP contribution in [-0.4, -0.2) is 29.3 Å². The van der Waals surface area contributed by atoms with Gasteiger partial charge in [0.25, 0.3) is 0 Å². The van der Waals surface area contributed by atoms with Crippen LogP contribution in [0.5, 0.6) is 5.75 Å². The fourth-order valence-electron chi connectivity index (χ4n) is 2.11. The number of fused-ring (bicyclic) bond motifs is 1. The van der Waals surface area contributed by atoms with Crippen molar-refractivity contribution in [3.05, 3.63) is 29.7 Å². The molecule has 1 aromatic heterocycles. The lowest BCUT2D eigenvalue weighted by atomic mass is 10.1. The van der Waals surface area contributed by atoms with E-state index in [4.69, 9.17) is 21.1 Å². The average molecular weight is 265 g/mol. The van der Waals surface area contributed by atoms with Gasteiger partial charge >= 0.3 is 0 Å². The minimum atomic E-state index is 0.181. The van der Waals surface area contributed by atoms with Gasteiger partial charge in [-0.25, -0.2) is 9.97 Å². The van der Waals surface area contributed by atoms with E-state index in [1.807, 2.05) is 18.2 Å². The number of nitrogens with zero attached hydrogens (tertiary/aromatic N) is 2. The highest BCUT2D eigenvalue weighted by atomic mass is 35.5. The molecule has 0 spiro atoms. The van der Waals surface area contributed by atoms with Crippen LogP contribution < -0.4 is 4.74 Å². The molecule has 5 heteroatoms. The molecule has 1 saturated heterocycles. The number of aromatic nitrogens is 2. The van der Waals surface area contributed by atoms with Gasteiger partial charge in [0.1, 0.15) is 23.3 Å². The number of hydrogen-bond acceptors (Lipinski definition) is 4. The molecular formula is C13H13ClN2O2. The fraction of sp³-hybridized carbons (Fsp3) is 0.385. The summed E-state index contributed by atoms with van der Waals surface area (Å²) in [5, 5.41) is 1.22. The molecule has 0 N–H and O–H groups in total. The van der Waals surface area contributed by atoms with Crippen LogP contribution in [0.3, 0.4) is 0 Å². The highest BCUT2D eigenvalue weighted by Gasteiger charge is 2.17. The van der Waals surface area contributed by atoms with Crippen molar-refractivity contribution in [1.82, 2.24) is 9.97 Å². The Labute approximate surface area is 110 Å². The van der Waals surface area contributed by atoms with Crippen LogP contribution in [0.15, 0.2) is 24.5 Å². The van der Waals surface area contributed by atoms with Crippen molar-refractivity contribution in [1.29, 1.82) is 0 Å². The predicted octanol–water partition coefficient (Wildman–Crippen LogP) is 2.84. The fourth-order valence-corrected chi connectivity index (χ4v) is 2.35. The van der Waals surface area contributed by atoms with Gasteiger partial charge in [0.2, 0.25) is 0 Å². The van der Waals surface area contributed by atoms with Crippen molar-refractivity contribution in [2.45, 2.75) is 18.9 Å². The Balaban J connectivity index is 1.95. The summed E-state index contributed by atoms with van der Waals surface area (Å²) in [5.41, 5.74) is 0.805. The Morgan fingerprint density at radius 3 is 2.89 bits per heavy atom. The first-order chi connectivity index (χ1) is 8.84. The largest absolute Gasteiger partial charge is 0.489 e. The van der Waals surface area contributed by atoms with E-state index >= 15 is 0 Å². The summed E-state index contributed by atoms with van der Waals surface area (Å²) in [6.45, 7) is 1.50. The predicted molar refractivity (Wildman–Crippen MR) is 69.0 cm³/mol. The zero-order chi connectivity index (χ0) is 12.4. The van der Waals surface area contributed by atoms with E-state index < -0.39 is 0 Å². The lowest BCUT2D eigenvalue weighted by molar-refractivity contribution is 0.0262. The molecule has 94 valence electrons. The van der Waals surface area contributed by atoms with Crippen LogP contribution in [-0.2, 0) is 4.74 Å². The smallest absolute Gasteiger partial charge is 0.144 e. The molecule has 0 saturated carbocycles. The van der Waals surface area contributed by atoms with E-state index in [0.717, 1.165) is 42.7 Å². The van der Waals surface area contributed by atoms with E-state index in [2.05, 4.69) is 9.97 Å². The van der Waals surface area contributed by atoms with Crippen LogP contribution in [0.25, 0.3) is 10.9 Å². The van der Waals surface area contributed by atoms with E-state index in [1.54, 1.807) is 0 Å². The summed E-state index contributed by atoms with van der Waals surface area (Å²) in [7, 11) is 0. The molecule has 1 aliphatic rings. The van der Waals surface area contributed by atoms with E-state index in [9.17, 15) is 0 Å². The third kappa shape index (κ3) is 2.26. The summed E-state index contributed by atoms with van der Waals surface area (Å²) in [6, 6.07) is 5.73. The number of halogens is 1. The first-order valence-electron chi connectivity index (χ1n) is 5.98. The second-order valence-electron chi connectivity index (χ2n) is 4.24. The maximum atomic E-state index is 6.12. The first-order valence-corrected chi connectivity index (χ1v) is 6.36. The Morgan fingerprint density at radius 1 is 1.22 bits per heavy atom. The van der Waals surface area contributed by atoms with E-state index in [1.165, 1.54) is 6.33 Å². The molecule has 2 aromatic rings. The van der Waals surface area contributed by atoms with Gasteiger partial charge in [-0.1, -0.05) is 17.7 Å². The van der Waals surface area contributed by atoms with Crippen LogP contribution in [0.1, 0.15) is 12.8 Å². The lowest BCUT2D eigenvalue weighted by Gasteiger charge is -2.23. The summed E-state index contributed by atoms with van der Waals surface area (Å²) >= 11 is 6.12. The van der Waals surface area contributed by atoms with E-state index in [0.29, 0.717) is 5.15 Å². The molecule has 18 heavy (non-hydrogen) atoms. The molecule has 0 radical (unpaired) electrons. The first kappa shape index (κ1) is 11.7. The zero-order valence-electron chi connectivity index (χ0n) is 9.80. The minimum absolute atomic E-state index is 0.181. The molecule has 3 rings (SSSR count). The SMILES string of the molecule is Clc1ncnc2cccc(OC3CCOCC3)c12. The third-order valence-electron chi connectivity index (χ3n) is 3.04. The van der Waals surface area contributed by atoms with Gasteiger partial charge in [0, 0.05) is 12.8 Å². The minimum Gasteiger partial charge on any atom is -0.489 e. The summed E-state index contributed by atoms with van der Waals surface area (Å²) < 4.78 is 11.3. The summed E-state index contributed by atoms with van der Waals surface area (Å²) in [5.74, 6) is 0.755. The third-order valence-corrected chi connectivity index (χ3v) is 3.33. The van der Waals surface area contributed by atoms with Gasteiger partial charge in [0.15, 0.2) is 0 Å². The van der Waals surface area contributed by atoms with E-state index in [-0.39, 0.29) is 6.10 Å². The number of benzene rings is 1. The van der Waals surface area contributed by atoms with Crippen LogP contribution in [0, 0.1) is 0 Å². The molecular weight excluding hydrogens is 252 g/mol. The van der Waals surface area contributed by atoms with Crippen molar-refractivity contribution in [3.8, 4) is 5.75 Å². The zero-order valence-corrected chi connectivity index (χ0v) is 10.6. The number of hydrogen-bond donors (Lipinski definition) is 0. The number of ether oxygens (including phenoxy) is 2. The van der Waals surface area contributed by atoms with Gasteiger partial charge in [-0.3, -0.25) is 0 Å². The molecule has 4 nitrogen and oxygen atoms in total. The molecule has 0 aliphatic carbocycles. The van der Waals surface area contributed by atoms with Gasteiger partial charge in [0.05, 0.1) is 24.1 Å². The summed E-state index contributed by atoms with van der Waals surface area (Å²) in [4.78, 5) is 8.21. The second kappa shape index (κ2) is 5.08. The standard InChI is InChI=1S/C13H13ClN2O2/c14-13-12-10(15-8-16-13)2-1-3-11(12)18-9-4-6-17-7-5-9/h1-3,8-9H,4-7H2. The molecule has 2 heterocycles. The second-order valence-corrected chi connectivity index (χ2v) is 4.60. The monoisotopic (exact) mass is 264 g/mol. The Bertz CT molecular complexity index is 550. The Hall–Kier alpha value is -1.39. The van der Waals surface area contributed by atoms with Crippen molar-refractivity contribution < 1.29 is 9.47 Å². The molecule has 1 aliphatic heterocycles. The Morgan fingerprint density at radius 2 is 2.06 bits per heavy atom. The molecule has 0 atom stereocenters. The maximum absolute atomic E-state index is 6.12. The van der Waals surface area contributed by atoms with Crippen LogP contribution >= 0.6 is 11.6 Å². The number of rotatable bonds is 2. The molecule has 1 aromatic carbocycles. The van der Waals surface area contributed by atoms with Gasteiger partial charge in [-0.2, -0.15) is 0 Å². The highest BCUT2D eigenvalue weighted by molar-refractivity contribution is 6.34. The Kier molecular flexibility index (Phi) is 3.30. The molecule has 0 unspecified atom stereocenters. The van der Waals surface area contributed by atoms with Crippen molar-refractivity contribution >= 4 is 22.5 Å². The van der Waals surface area contributed by atoms with Crippen molar-refractivity contribution in [2.75, 3.05) is 13.2 Å². The van der Waals surface area contributed by atoms with Crippen molar-refractivity contribution in [3.63, 3.8) is 0 Å². The normalized spacial score (nSPS) is 16.9.